The van der Waals surface area contributed by atoms with E-state index in [-0.39, 0.29) is 35.2 Å². The van der Waals surface area contributed by atoms with Crippen LogP contribution in [0.2, 0.25) is 5.02 Å². The van der Waals surface area contributed by atoms with Gasteiger partial charge >= 0.3 is 0 Å². The van der Waals surface area contributed by atoms with Crippen LogP contribution in [0.3, 0.4) is 0 Å². The highest BCUT2D eigenvalue weighted by molar-refractivity contribution is 7.92. The number of amides is 2. The third-order valence-electron chi connectivity index (χ3n) is 7.58. The summed E-state index contributed by atoms with van der Waals surface area (Å²) < 4.78 is 40.4. The first-order valence-corrected chi connectivity index (χ1v) is 17.2. The van der Waals surface area contributed by atoms with Crippen LogP contribution in [0, 0.1) is 6.92 Å². The van der Waals surface area contributed by atoms with E-state index in [1.165, 1.54) is 49.5 Å². The average molecular weight is 692 g/mol. The maximum absolute atomic E-state index is 14.6. The van der Waals surface area contributed by atoms with Gasteiger partial charge in [0.1, 0.15) is 12.6 Å². The fourth-order valence-corrected chi connectivity index (χ4v) is 6.69. The van der Waals surface area contributed by atoms with Gasteiger partial charge in [-0.2, -0.15) is 0 Å². The lowest BCUT2D eigenvalue weighted by atomic mass is 10.0. The van der Waals surface area contributed by atoms with Gasteiger partial charge in [0.2, 0.25) is 11.8 Å². The fourth-order valence-electron chi connectivity index (χ4n) is 5.14. The van der Waals surface area contributed by atoms with Crippen LogP contribution in [-0.2, 0) is 32.6 Å². The number of methoxy groups -OCH3 is 2. The van der Waals surface area contributed by atoms with E-state index in [9.17, 15) is 18.0 Å². The largest absolute Gasteiger partial charge is 0.493 e. The van der Waals surface area contributed by atoms with Crippen molar-refractivity contribution in [1.29, 1.82) is 0 Å². The smallest absolute Gasteiger partial charge is 0.264 e. The molecule has 0 aliphatic carbocycles. The van der Waals surface area contributed by atoms with E-state index >= 15 is 0 Å². The number of halogens is 1. The van der Waals surface area contributed by atoms with E-state index in [1.54, 1.807) is 12.1 Å². The van der Waals surface area contributed by atoms with E-state index in [0.717, 1.165) is 21.0 Å². The number of carbonyl (C=O) groups excluding carboxylic acids is 2. The van der Waals surface area contributed by atoms with Gasteiger partial charge in [-0.3, -0.25) is 13.9 Å². The number of sulfonamides is 1. The van der Waals surface area contributed by atoms with Gasteiger partial charge in [-0.05, 0) is 75.2 Å². The highest BCUT2D eigenvalue weighted by atomic mass is 35.5. The minimum atomic E-state index is -4.36. The Kier molecular flexibility index (Phi) is 11.8. The van der Waals surface area contributed by atoms with E-state index in [2.05, 4.69) is 5.32 Å². The second-order valence-electron chi connectivity index (χ2n) is 12.5. The molecule has 0 radical (unpaired) electrons. The summed E-state index contributed by atoms with van der Waals surface area (Å²) in [5.74, 6) is -0.362. The fraction of sp³-hybridized carbons (Fsp3) is 0.297. The summed E-state index contributed by atoms with van der Waals surface area (Å²) in [4.78, 5) is 30.0. The van der Waals surface area contributed by atoms with Crippen molar-refractivity contribution < 1.29 is 27.5 Å². The number of ether oxygens (including phenoxy) is 2. The molecule has 0 bridgehead atoms. The first-order chi connectivity index (χ1) is 22.7. The van der Waals surface area contributed by atoms with Gasteiger partial charge < -0.3 is 19.7 Å². The molecule has 0 aromatic heterocycles. The summed E-state index contributed by atoms with van der Waals surface area (Å²) in [5.41, 5.74) is 2.31. The SMILES string of the molecule is COc1ccc(S(=O)(=O)N(CC(=O)N(Cc2ccc(C)cc2)[C@@H](Cc2ccccc2)C(=O)NC(C)(C)C)c2ccc(Cl)cc2)cc1OC. The summed E-state index contributed by atoms with van der Waals surface area (Å²) in [6.45, 7) is 7.04. The maximum Gasteiger partial charge on any atom is 0.264 e. The van der Waals surface area contributed by atoms with Crippen LogP contribution in [-0.4, -0.2) is 57.5 Å². The highest BCUT2D eigenvalue weighted by Gasteiger charge is 2.36. The molecular weight excluding hydrogens is 650 g/mol. The van der Waals surface area contributed by atoms with Gasteiger partial charge in [-0.15, -0.1) is 0 Å². The number of nitrogens with zero attached hydrogens (tertiary/aromatic N) is 2. The molecule has 0 fully saturated rings. The van der Waals surface area contributed by atoms with Gasteiger partial charge in [0.15, 0.2) is 11.5 Å². The zero-order valence-electron chi connectivity index (χ0n) is 28.1. The zero-order chi connectivity index (χ0) is 35.1. The lowest BCUT2D eigenvalue weighted by molar-refractivity contribution is -0.140. The van der Waals surface area contributed by atoms with Gasteiger partial charge in [0.25, 0.3) is 10.0 Å². The van der Waals surface area contributed by atoms with Crippen LogP contribution in [0.1, 0.15) is 37.5 Å². The minimum Gasteiger partial charge on any atom is -0.493 e. The quantitative estimate of drug-likeness (QED) is 0.174. The molecule has 9 nitrogen and oxygen atoms in total. The second kappa shape index (κ2) is 15.6. The second-order valence-corrected chi connectivity index (χ2v) is 14.8. The first kappa shape index (κ1) is 36.3. The molecule has 0 heterocycles. The van der Waals surface area contributed by atoms with Crippen LogP contribution < -0.4 is 19.1 Å². The Morgan fingerprint density at radius 1 is 0.833 bits per heavy atom. The molecule has 4 aromatic rings. The molecule has 2 amide bonds. The molecule has 0 aliphatic heterocycles. The topological polar surface area (TPSA) is 105 Å². The molecule has 4 aromatic carbocycles. The average Bonchev–Trinajstić information content (AvgIpc) is 3.05. The summed E-state index contributed by atoms with van der Waals surface area (Å²) in [6, 6.07) is 26.5. The number of aryl methyl sites for hydroxylation is 1. The summed E-state index contributed by atoms with van der Waals surface area (Å²) >= 11 is 6.17. The minimum absolute atomic E-state index is 0.0685. The Bertz CT molecular complexity index is 1810. The van der Waals surface area contributed by atoms with Gasteiger partial charge in [0, 0.05) is 29.6 Å². The van der Waals surface area contributed by atoms with E-state index < -0.39 is 34.1 Å². The molecule has 48 heavy (non-hydrogen) atoms. The lowest BCUT2D eigenvalue weighted by Gasteiger charge is -2.35. The van der Waals surface area contributed by atoms with Gasteiger partial charge in [-0.1, -0.05) is 71.8 Å². The number of nitrogens with one attached hydrogen (secondary N) is 1. The predicted molar refractivity (Wildman–Crippen MR) is 189 cm³/mol. The normalized spacial score (nSPS) is 12.1. The van der Waals surface area contributed by atoms with Crippen molar-refractivity contribution in [2.75, 3.05) is 25.1 Å². The molecule has 0 unspecified atom stereocenters. The standard InChI is InChI=1S/C37H42ClN3O6S/c1-26-12-14-28(15-13-26)24-40(32(36(43)39-37(2,3)4)22-27-10-8-7-9-11-27)35(42)25-41(30-18-16-29(38)17-19-30)48(44,45)31-20-21-33(46-5)34(23-31)47-6/h7-21,23,32H,22,24-25H2,1-6H3,(H,39,43)/t32-/m0/s1. The van der Waals surface area contributed by atoms with Gasteiger partial charge in [-0.25, -0.2) is 8.42 Å². The first-order valence-electron chi connectivity index (χ1n) is 15.4. The maximum atomic E-state index is 14.6. The molecule has 0 aliphatic rings. The Morgan fingerprint density at radius 3 is 2.04 bits per heavy atom. The Balaban J connectivity index is 1.83. The van der Waals surface area contributed by atoms with E-state index in [1.807, 2.05) is 82.3 Å². The van der Waals surface area contributed by atoms with Crippen molar-refractivity contribution in [3.05, 3.63) is 119 Å². The van der Waals surface area contributed by atoms with Crippen molar-refractivity contribution in [2.24, 2.45) is 0 Å². The molecule has 11 heteroatoms. The van der Waals surface area contributed by atoms with Crippen LogP contribution in [0.25, 0.3) is 0 Å². The molecule has 4 rings (SSSR count). The molecule has 0 saturated heterocycles. The molecule has 1 atom stereocenters. The van der Waals surface area contributed by atoms with Crippen LogP contribution in [0.4, 0.5) is 5.69 Å². The zero-order valence-corrected chi connectivity index (χ0v) is 29.6. The number of hydrogen-bond acceptors (Lipinski definition) is 6. The molecule has 0 saturated carbocycles. The van der Waals surface area contributed by atoms with Crippen molar-refractivity contribution in [3.8, 4) is 11.5 Å². The van der Waals surface area contributed by atoms with Crippen molar-refractivity contribution in [2.45, 2.75) is 57.1 Å². The molecule has 1 N–H and O–H groups in total. The third-order valence-corrected chi connectivity index (χ3v) is 9.60. The van der Waals surface area contributed by atoms with Gasteiger partial charge in [0.05, 0.1) is 24.8 Å². The van der Waals surface area contributed by atoms with Crippen LogP contribution in [0.15, 0.2) is 102 Å². The Morgan fingerprint density at radius 2 is 1.46 bits per heavy atom. The van der Waals surface area contributed by atoms with Crippen LogP contribution in [0.5, 0.6) is 11.5 Å². The Hall–Kier alpha value is -4.54. The van der Waals surface area contributed by atoms with E-state index in [4.69, 9.17) is 21.1 Å². The monoisotopic (exact) mass is 691 g/mol. The number of rotatable bonds is 13. The summed E-state index contributed by atoms with van der Waals surface area (Å²) in [5, 5.41) is 3.43. The van der Waals surface area contributed by atoms with Crippen molar-refractivity contribution >= 4 is 39.1 Å². The lowest BCUT2D eigenvalue weighted by Crippen LogP contribution is -2.56. The number of benzene rings is 4. The summed E-state index contributed by atoms with van der Waals surface area (Å²) in [6.07, 6.45) is 0.212. The molecular formula is C37H42ClN3O6S. The number of hydrogen-bond donors (Lipinski definition) is 1. The van der Waals surface area contributed by atoms with Crippen LogP contribution >= 0.6 is 11.6 Å². The highest BCUT2D eigenvalue weighted by Crippen LogP contribution is 2.33. The van der Waals surface area contributed by atoms with Crippen molar-refractivity contribution in [3.63, 3.8) is 0 Å². The third kappa shape index (κ3) is 9.29. The predicted octanol–water partition coefficient (Wildman–Crippen LogP) is 6.42. The number of anilines is 1. The molecule has 254 valence electrons. The molecule has 0 spiro atoms. The Labute approximate surface area is 288 Å². The number of carbonyl (C=O) groups is 2. The van der Waals surface area contributed by atoms with E-state index in [0.29, 0.717) is 10.8 Å². The summed E-state index contributed by atoms with van der Waals surface area (Å²) in [7, 11) is -1.50. The van der Waals surface area contributed by atoms with Crippen molar-refractivity contribution in [1.82, 2.24) is 10.2 Å².